The van der Waals surface area contributed by atoms with Crippen molar-refractivity contribution in [1.82, 2.24) is 0 Å². The van der Waals surface area contributed by atoms with E-state index in [9.17, 15) is 9.59 Å². The molecule has 0 aliphatic rings. The molecule has 0 aromatic rings. The van der Waals surface area contributed by atoms with Crippen LogP contribution < -0.4 is 0 Å². The summed E-state index contributed by atoms with van der Waals surface area (Å²) >= 11 is 0. The van der Waals surface area contributed by atoms with Crippen LogP contribution in [-0.2, 0) is 9.59 Å². The van der Waals surface area contributed by atoms with Gasteiger partial charge in [0.15, 0.2) is 18.2 Å². The summed E-state index contributed by atoms with van der Waals surface area (Å²) in [6.45, 7) is -0.792. The molecule has 0 bridgehead atoms. The number of aliphatic hydroxyl groups is 2. The van der Waals surface area contributed by atoms with Crippen molar-refractivity contribution in [2.75, 3.05) is 6.61 Å². The van der Waals surface area contributed by atoms with Crippen LogP contribution in [0.3, 0.4) is 0 Å². The van der Waals surface area contributed by atoms with Crippen molar-refractivity contribution < 1.29 is 19.8 Å². The van der Waals surface area contributed by atoms with Gasteiger partial charge in [-0.15, -0.1) is 0 Å². The molecule has 0 fully saturated rings. The Kier molecular flexibility index (Phi) is 2.98. The standard InChI is InChI=1S/C4H6O4/c5-1-3(7)4(8)2-6/h1,3,6-7H,2H2/t3-/m0/s1. The van der Waals surface area contributed by atoms with E-state index < -0.39 is 18.5 Å². The van der Waals surface area contributed by atoms with E-state index in [4.69, 9.17) is 10.2 Å². The Labute approximate surface area is 45.7 Å². The zero-order chi connectivity index (χ0) is 6.57. The number of aliphatic hydroxyl groups excluding tert-OH is 2. The first-order chi connectivity index (χ1) is 3.72. The fourth-order valence-electron chi connectivity index (χ4n) is 0.169. The van der Waals surface area contributed by atoms with E-state index in [2.05, 4.69) is 0 Å². The Morgan fingerprint density at radius 2 is 2.25 bits per heavy atom. The first-order valence-electron chi connectivity index (χ1n) is 1.99. The third-order valence-corrected chi connectivity index (χ3v) is 0.615. The summed E-state index contributed by atoms with van der Waals surface area (Å²) in [6.07, 6.45) is -1.58. The van der Waals surface area contributed by atoms with Crippen LogP contribution in [0.25, 0.3) is 0 Å². The van der Waals surface area contributed by atoms with Crippen molar-refractivity contribution in [3.05, 3.63) is 0 Å². The van der Waals surface area contributed by atoms with Gasteiger partial charge in [-0.3, -0.25) is 9.59 Å². The molecule has 0 saturated heterocycles. The summed E-state index contributed by atoms with van der Waals surface area (Å²) in [5.74, 6) is -0.875. The van der Waals surface area contributed by atoms with Crippen LogP contribution in [0.2, 0.25) is 0 Å². The summed E-state index contributed by atoms with van der Waals surface area (Å²) in [7, 11) is 0. The van der Waals surface area contributed by atoms with Crippen LogP contribution >= 0.6 is 0 Å². The zero-order valence-corrected chi connectivity index (χ0v) is 4.07. The maximum absolute atomic E-state index is 10.0. The third kappa shape index (κ3) is 1.81. The highest BCUT2D eigenvalue weighted by atomic mass is 16.3. The van der Waals surface area contributed by atoms with Gasteiger partial charge in [-0.25, -0.2) is 0 Å². The average Bonchev–Trinajstić information content (AvgIpc) is 1.84. The maximum atomic E-state index is 10.0. The number of carbonyl (C=O) groups is 2. The predicted molar refractivity (Wildman–Crippen MR) is 24.2 cm³/mol. The fourth-order valence-corrected chi connectivity index (χ4v) is 0.169. The molecule has 0 heterocycles. The Morgan fingerprint density at radius 1 is 1.75 bits per heavy atom. The minimum Gasteiger partial charge on any atom is -0.388 e. The van der Waals surface area contributed by atoms with Crippen LogP contribution in [0.1, 0.15) is 0 Å². The smallest absolute Gasteiger partial charge is 0.193 e. The summed E-state index contributed by atoms with van der Waals surface area (Å²) in [6, 6.07) is 0. The van der Waals surface area contributed by atoms with Crippen molar-refractivity contribution >= 4 is 12.1 Å². The van der Waals surface area contributed by atoms with Gasteiger partial charge < -0.3 is 10.2 Å². The maximum Gasteiger partial charge on any atom is 0.193 e. The van der Waals surface area contributed by atoms with Gasteiger partial charge in [0, 0.05) is 0 Å². The number of carbonyl (C=O) groups excluding carboxylic acids is 2. The minimum atomic E-state index is -1.65. The lowest BCUT2D eigenvalue weighted by atomic mass is 10.3. The van der Waals surface area contributed by atoms with Gasteiger partial charge in [0.2, 0.25) is 0 Å². The highest BCUT2D eigenvalue weighted by Crippen LogP contribution is 1.76. The van der Waals surface area contributed by atoms with Gasteiger partial charge in [-0.05, 0) is 0 Å². The van der Waals surface area contributed by atoms with Crippen LogP contribution in [0.15, 0.2) is 0 Å². The molecule has 2 N–H and O–H groups in total. The van der Waals surface area contributed by atoms with Crippen molar-refractivity contribution in [2.45, 2.75) is 6.10 Å². The van der Waals surface area contributed by atoms with Crippen molar-refractivity contribution in [3.63, 3.8) is 0 Å². The Hall–Kier alpha value is -0.740. The first kappa shape index (κ1) is 7.26. The number of hydrogen-bond donors (Lipinski definition) is 2. The molecular weight excluding hydrogens is 112 g/mol. The third-order valence-electron chi connectivity index (χ3n) is 0.615. The van der Waals surface area contributed by atoms with Crippen molar-refractivity contribution in [3.8, 4) is 0 Å². The SMILES string of the molecule is O=C[C@H](O)C(=O)CO. The van der Waals surface area contributed by atoms with Crippen LogP contribution in [0, 0.1) is 0 Å². The summed E-state index contributed by atoms with van der Waals surface area (Å²) in [5, 5.41) is 16.2. The van der Waals surface area contributed by atoms with E-state index in [0.717, 1.165) is 0 Å². The Bertz CT molecular complexity index is 98.2. The van der Waals surface area contributed by atoms with Gasteiger partial charge >= 0.3 is 0 Å². The molecule has 0 aromatic heterocycles. The van der Waals surface area contributed by atoms with E-state index in [-0.39, 0.29) is 6.29 Å². The molecule has 0 spiro atoms. The number of aldehydes is 1. The molecule has 0 unspecified atom stereocenters. The molecule has 0 radical (unpaired) electrons. The molecule has 4 nitrogen and oxygen atoms in total. The quantitative estimate of drug-likeness (QED) is 0.335. The lowest BCUT2D eigenvalue weighted by Gasteiger charge is -1.93. The number of hydrogen-bond acceptors (Lipinski definition) is 4. The van der Waals surface area contributed by atoms with Gasteiger partial charge in [0.05, 0.1) is 0 Å². The van der Waals surface area contributed by atoms with E-state index in [1.54, 1.807) is 0 Å². The molecular formula is C4H6O4. The van der Waals surface area contributed by atoms with Crippen LogP contribution in [0.5, 0.6) is 0 Å². The lowest BCUT2D eigenvalue weighted by Crippen LogP contribution is -2.24. The topological polar surface area (TPSA) is 74.6 Å². The second-order valence-corrected chi connectivity index (χ2v) is 1.21. The minimum absolute atomic E-state index is 0.0680. The molecule has 0 saturated carbocycles. The van der Waals surface area contributed by atoms with E-state index in [0.29, 0.717) is 0 Å². The first-order valence-corrected chi connectivity index (χ1v) is 1.99. The molecule has 46 valence electrons. The highest BCUT2D eigenvalue weighted by Gasteiger charge is 2.10. The molecule has 0 amide bonds. The van der Waals surface area contributed by atoms with E-state index >= 15 is 0 Å². The average molecular weight is 118 g/mol. The molecule has 0 rings (SSSR count). The Balaban J connectivity index is 3.62. The monoisotopic (exact) mass is 118 g/mol. The number of ketones is 1. The molecule has 1 atom stereocenters. The fraction of sp³-hybridized carbons (Fsp3) is 0.500. The summed E-state index contributed by atoms with van der Waals surface area (Å²) in [4.78, 5) is 19.5. The predicted octanol–water partition coefficient (Wildman–Crippen LogP) is -1.89. The van der Waals surface area contributed by atoms with Crippen LogP contribution in [-0.4, -0.2) is 35.0 Å². The molecule has 0 aliphatic carbocycles. The molecule has 0 aliphatic heterocycles. The zero-order valence-electron chi connectivity index (χ0n) is 4.07. The lowest BCUT2D eigenvalue weighted by molar-refractivity contribution is -0.134. The van der Waals surface area contributed by atoms with Crippen LogP contribution in [0.4, 0.5) is 0 Å². The van der Waals surface area contributed by atoms with Gasteiger partial charge in [0.1, 0.15) is 6.61 Å². The van der Waals surface area contributed by atoms with Gasteiger partial charge in [0.25, 0.3) is 0 Å². The number of rotatable bonds is 3. The highest BCUT2D eigenvalue weighted by molar-refractivity contribution is 5.96. The second kappa shape index (κ2) is 3.29. The van der Waals surface area contributed by atoms with E-state index in [1.807, 2.05) is 0 Å². The molecule has 8 heavy (non-hydrogen) atoms. The van der Waals surface area contributed by atoms with Crippen molar-refractivity contribution in [1.29, 1.82) is 0 Å². The van der Waals surface area contributed by atoms with Gasteiger partial charge in [-0.1, -0.05) is 0 Å². The van der Waals surface area contributed by atoms with Crippen molar-refractivity contribution in [2.24, 2.45) is 0 Å². The van der Waals surface area contributed by atoms with Gasteiger partial charge in [-0.2, -0.15) is 0 Å². The largest absolute Gasteiger partial charge is 0.388 e. The normalized spacial score (nSPS) is 12.8. The summed E-state index contributed by atoms with van der Waals surface area (Å²) < 4.78 is 0. The Morgan fingerprint density at radius 3 is 2.38 bits per heavy atom. The molecule has 0 aromatic carbocycles. The summed E-state index contributed by atoms with van der Waals surface area (Å²) in [5.41, 5.74) is 0. The second-order valence-electron chi connectivity index (χ2n) is 1.21. The number of Topliss-reactive ketones (excluding diaryl/α,β-unsaturated/α-hetero) is 1. The molecule has 4 heteroatoms. The van der Waals surface area contributed by atoms with E-state index in [1.165, 1.54) is 0 Å².